The largest absolute Gasteiger partial charge is 0.497 e. The van der Waals surface area contributed by atoms with Crippen molar-refractivity contribution in [2.24, 2.45) is 0 Å². The fourth-order valence-corrected chi connectivity index (χ4v) is 2.27. The Labute approximate surface area is 119 Å². The summed E-state index contributed by atoms with van der Waals surface area (Å²) >= 11 is 0. The Morgan fingerprint density at radius 1 is 1.60 bits per heavy atom. The molecule has 0 bridgehead atoms. The van der Waals surface area contributed by atoms with Gasteiger partial charge in [-0.05, 0) is 24.6 Å². The van der Waals surface area contributed by atoms with Gasteiger partial charge in [0.15, 0.2) is 0 Å². The van der Waals surface area contributed by atoms with Gasteiger partial charge in [-0.25, -0.2) is 0 Å². The fourth-order valence-electron chi connectivity index (χ4n) is 2.27. The number of rotatable bonds is 5. The fraction of sp³-hybridized carbons (Fsp3) is 0.533. The molecule has 0 aromatic heterocycles. The van der Waals surface area contributed by atoms with Gasteiger partial charge < -0.3 is 20.1 Å². The van der Waals surface area contributed by atoms with Gasteiger partial charge in [0.1, 0.15) is 5.75 Å². The van der Waals surface area contributed by atoms with E-state index in [9.17, 15) is 4.79 Å². The van der Waals surface area contributed by atoms with Crippen LogP contribution in [0.2, 0.25) is 0 Å². The van der Waals surface area contributed by atoms with Crippen molar-refractivity contribution in [3.05, 3.63) is 29.8 Å². The zero-order chi connectivity index (χ0) is 14.4. The first-order chi connectivity index (χ1) is 9.69. The maximum absolute atomic E-state index is 12.0. The summed E-state index contributed by atoms with van der Waals surface area (Å²) in [5, 5.41) is 6.28. The van der Waals surface area contributed by atoms with Crippen molar-refractivity contribution in [3.8, 4) is 5.75 Å². The number of benzene rings is 1. The minimum absolute atomic E-state index is 0.0309. The van der Waals surface area contributed by atoms with Crippen molar-refractivity contribution in [1.82, 2.24) is 10.6 Å². The summed E-state index contributed by atoms with van der Waals surface area (Å²) in [7, 11) is 1.64. The third-order valence-corrected chi connectivity index (χ3v) is 3.40. The van der Waals surface area contributed by atoms with E-state index in [0.29, 0.717) is 13.0 Å². The Kier molecular flexibility index (Phi) is 5.38. The molecule has 2 N–H and O–H groups in total. The molecule has 110 valence electrons. The lowest BCUT2D eigenvalue weighted by Gasteiger charge is -2.24. The highest BCUT2D eigenvalue weighted by Gasteiger charge is 2.18. The second-order valence-corrected chi connectivity index (χ2v) is 5.00. The molecule has 0 radical (unpaired) electrons. The summed E-state index contributed by atoms with van der Waals surface area (Å²) in [6.45, 7) is 4.10. The average Bonchev–Trinajstić information content (AvgIpc) is 2.48. The highest BCUT2D eigenvalue weighted by atomic mass is 16.5. The third-order valence-electron chi connectivity index (χ3n) is 3.40. The van der Waals surface area contributed by atoms with Crippen LogP contribution in [0.25, 0.3) is 0 Å². The molecular weight excluding hydrogens is 256 g/mol. The molecular formula is C15H22N2O3. The second kappa shape index (κ2) is 7.26. The minimum atomic E-state index is -0.0397. The number of carbonyl (C=O) groups is 1. The number of amides is 1. The summed E-state index contributed by atoms with van der Waals surface area (Å²) in [5.74, 6) is 0.828. The van der Waals surface area contributed by atoms with Crippen LogP contribution in [0.15, 0.2) is 24.3 Å². The first kappa shape index (κ1) is 14.8. The van der Waals surface area contributed by atoms with Crippen LogP contribution in [0, 0.1) is 0 Å². The molecule has 1 aliphatic rings. The van der Waals surface area contributed by atoms with Crippen LogP contribution in [-0.4, -0.2) is 38.8 Å². The van der Waals surface area contributed by atoms with Gasteiger partial charge in [-0.15, -0.1) is 0 Å². The predicted octanol–water partition coefficient (Wildman–Crippen LogP) is 1.25. The molecule has 1 aliphatic heterocycles. The van der Waals surface area contributed by atoms with E-state index in [4.69, 9.17) is 9.47 Å². The number of methoxy groups -OCH3 is 1. The number of hydrogen-bond acceptors (Lipinski definition) is 4. The van der Waals surface area contributed by atoms with Crippen LogP contribution < -0.4 is 15.4 Å². The lowest BCUT2D eigenvalue weighted by atomic mass is 10.1. The molecule has 5 nitrogen and oxygen atoms in total. The molecule has 0 aliphatic carbocycles. The van der Waals surface area contributed by atoms with E-state index in [2.05, 4.69) is 10.6 Å². The number of hydrogen-bond donors (Lipinski definition) is 2. The monoisotopic (exact) mass is 278 g/mol. The van der Waals surface area contributed by atoms with E-state index in [1.807, 2.05) is 31.2 Å². The van der Waals surface area contributed by atoms with Gasteiger partial charge in [0, 0.05) is 19.0 Å². The highest BCUT2D eigenvalue weighted by Crippen LogP contribution is 2.18. The minimum Gasteiger partial charge on any atom is -0.497 e. The Morgan fingerprint density at radius 2 is 2.45 bits per heavy atom. The summed E-state index contributed by atoms with van der Waals surface area (Å²) in [6, 6.07) is 7.81. The topological polar surface area (TPSA) is 59.6 Å². The molecule has 1 fully saturated rings. The Morgan fingerprint density at radius 3 is 3.15 bits per heavy atom. The number of morpholine rings is 1. The Balaban J connectivity index is 1.86. The summed E-state index contributed by atoms with van der Waals surface area (Å²) in [6.07, 6.45) is 0.439. The van der Waals surface area contributed by atoms with E-state index in [0.717, 1.165) is 24.5 Å². The Bertz CT molecular complexity index is 444. The molecule has 2 rings (SSSR count). The molecule has 5 heteroatoms. The molecule has 1 unspecified atom stereocenters. The van der Waals surface area contributed by atoms with Crippen LogP contribution in [0.5, 0.6) is 5.75 Å². The van der Waals surface area contributed by atoms with E-state index in [1.54, 1.807) is 7.11 Å². The van der Waals surface area contributed by atoms with Crippen LogP contribution in [0.4, 0.5) is 0 Å². The lowest BCUT2D eigenvalue weighted by Crippen LogP contribution is -2.44. The highest BCUT2D eigenvalue weighted by molar-refractivity contribution is 5.77. The average molecular weight is 278 g/mol. The normalized spacial score (nSPS) is 20.2. The molecule has 0 saturated carbocycles. The lowest BCUT2D eigenvalue weighted by molar-refractivity contribution is -0.122. The zero-order valence-corrected chi connectivity index (χ0v) is 12.0. The van der Waals surface area contributed by atoms with Gasteiger partial charge in [0.25, 0.3) is 0 Å². The van der Waals surface area contributed by atoms with Gasteiger partial charge in [-0.1, -0.05) is 12.1 Å². The standard InChI is InChI=1S/C15H22N2O3/c1-11(12-4-3-5-14(8-12)19-2)17-15(18)9-13-10-20-7-6-16-13/h3-5,8,11,13,16H,6-7,9-10H2,1-2H3,(H,17,18)/t11-,13?/m1/s1. The van der Waals surface area contributed by atoms with Crippen LogP contribution in [0.3, 0.4) is 0 Å². The second-order valence-electron chi connectivity index (χ2n) is 5.00. The van der Waals surface area contributed by atoms with Crippen molar-refractivity contribution in [1.29, 1.82) is 0 Å². The van der Waals surface area contributed by atoms with Crippen molar-refractivity contribution < 1.29 is 14.3 Å². The summed E-state index contributed by atoms with van der Waals surface area (Å²) in [5.41, 5.74) is 1.03. The van der Waals surface area contributed by atoms with Gasteiger partial charge in [-0.2, -0.15) is 0 Å². The third kappa shape index (κ3) is 4.21. The Hall–Kier alpha value is -1.59. The van der Waals surface area contributed by atoms with Crippen LogP contribution in [0.1, 0.15) is 24.9 Å². The van der Waals surface area contributed by atoms with E-state index >= 15 is 0 Å². The summed E-state index contributed by atoms with van der Waals surface area (Å²) in [4.78, 5) is 12.0. The summed E-state index contributed by atoms with van der Waals surface area (Å²) < 4.78 is 10.5. The van der Waals surface area contributed by atoms with Gasteiger partial charge in [-0.3, -0.25) is 4.79 Å². The predicted molar refractivity (Wildman–Crippen MR) is 76.8 cm³/mol. The zero-order valence-electron chi connectivity index (χ0n) is 12.0. The van der Waals surface area contributed by atoms with E-state index < -0.39 is 0 Å². The maximum Gasteiger partial charge on any atom is 0.222 e. The maximum atomic E-state index is 12.0. The van der Waals surface area contributed by atoms with Crippen molar-refractivity contribution in [3.63, 3.8) is 0 Å². The van der Waals surface area contributed by atoms with Gasteiger partial charge in [0.2, 0.25) is 5.91 Å². The first-order valence-corrected chi connectivity index (χ1v) is 6.93. The quantitative estimate of drug-likeness (QED) is 0.851. The molecule has 1 saturated heterocycles. The molecule has 0 spiro atoms. The molecule has 2 atom stereocenters. The van der Waals surface area contributed by atoms with Crippen LogP contribution >= 0.6 is 0 Å². The van der Waals surface area contributed by atoms with Crippen molar-refractivity contribution in [2.45, 2.75) is 25.4 Å². The van der Waals surface area contributed by atoms with Crippen molar-refractivity contribution >= 4 is 5.91 Å². The first-order valence-electron chi connectivity index (χ1n) is 6.93. The van der Waals surface area contributed by atoms with E-state index in [-0.39, 0.29) is 18.0 Å². The van der Waals surface area contributed by atoms with E-state index in [1.165, 1.54) is 0 Å². The van der Waals surface area contributed by atoms with Crippen LogP contribution in [-0.2, 0) is 9.53 Å². The number of nitrogens with one attached hydrogen (secondary N) is 2. The van der Waals surface area contributed by atoms with Crippen molar-refractivity contribution in [2.75, 3.05) is 26.9 Å². The van der Waals surface area contributed by atoms with Gasteiger partial charge in [0.05, 0.1) is 26.4 Å². The molecule has 1 heterocycles. The number of carbonyl (C=O) groups excluding carboxylic acids is 1. The SMILES string of the molecule is COc1cccc([C@@H](C)NC(=O)CC2COCCN2)c1. The molecule has 20 heavy (non-hydrogen) atoms. The molecule has 1 amide bonds. The molecule has 1 aromatic rings. The van der Waals surface area contributed by atoms with Gasteiger partial charge >= 0.3 is 0 Å². The smallest absolute Gasteiger partial charge is 0.222 e. The number of ether oxygens (including phenoxy) is 2. The molecule has 1 aromatic carbocycles.